The molecular weight excluding hydrogens is 146 g/mol. The third-order valence-corrected chi connectivity index (χ3v) is 3.72. The average molecular weight is 167 g/mol. The Bertz CT molecular complexity index is 140. The Morgan fingerprint density at radius 2 is 2.00 bits per heavy atom. The molecule has 1 atom stereocenters. The normalized spacial score (nSPS) is 33.2. The van der Waals surface area contributed by atoms with Crippen LogP contribution in [0.1, 0.15) is 45.4 Å². The van der Waals surface area contributed by atoms with Crippen molar-refractivity contribution in [3.05, 3.63) is 0 Å². The van der Waals surface area contributed by atoms with Gasteiger partial charge in [0.2, 0.25) is 0 Å². The van der Waals surface area contributed by atoms with Crippen LogP contribution in [0.2, 0.25) is 0 Å². The first-order valence-electron chi connectivity index (χ1n) is 5.64. The third-order valence-electron chi connectivity index (χ3n) is 3.72. The van der Waals surface area contributed by atoms with E-state index in [0.29, 0.717) is 0 Å². The van der Waals surface area contributed by atoms with Crippen molar-refractivity contribution in [1.82, 2.24) is 4.90 Å². The topological polar surface area (TPSA) is 3.24 Å². The number of nitrogens with zero attached hydrogens (tertiary/aromatic N) is 1. The van der Waals surface area contributed by atoms with Gasteiger partial charge in [0.25, 0.3) is 0 Å². The SMILES string of the molecule is CCC1CCCN(C2CCC2)C1. The second-order valence-electron chi connectivity index (χ2n) is 4.50. The number of rotatable bonds is 2. The minimum Gasteiger partial charge on any atom is -0.300 e. The molecule has 1 aliphatic heterocycles. The molecule has 0 aromatic heterocycles. The summed E-state index contributed by atoms with van der Waals surface area (Å²) in [6, 6.07) is 0.986. The fraction of sp³-hybridized carbons (Fsp3) is 1.00. The van der Waals surface area contributed by atoms with Gasteiger partial charge in [-0.25, -0.2) is 0 Å². The minimum atomic E-state index is 0.986. The van der Waals surface area contributed by atoms with Crippen LogP contribution in [0.25, 0.3) is 0 Å². The predicted octanol–water partition coefficient (Wildman–Crippen LogP) is 2.66. The van der Waals surface area contributed by atoms with Gasteiger partial charge in [0.05, 0.1) is 0 Å². The first kappa shape index (κ1) is 8.55. The third kappa shape index (κ3) is 1.66. The van der Waals surface area contributed by atoms with Crippen LogP contribution >= 0.6 is 0 Å². The molecule has 0 N–H and O–H groups in total. The Hall–Kier alpha value is -0.0400. The maximum Gasteiger partial charge on any atom is 0.00953 e. The first-order chi connectivity index (χ1) is 5.90. The molecule has 0 spiro atoms. The molecule has 1 saturated heterocycles. The summed E-state index contributed by atoms with van der Waals surface area (Å²) in [5.41, 5.74) is 0. The van der Waals surface area contributed by atoms with Gasteiger partial charge in [0.15, 0.2) is 0 Å². The van der Waals surface area contributed by atoms with Gasteiger partial charge >= 0.3 is 0 Å². The smallest absolute Gasteiger partial charge is 0.00953 e. The van der Waals surface area contributed by atoms with Crippen molar-refractivity contribution in [3.8, 4) is 0 Å². The molecule has 1 saturated carbocycles. The van der Waals surface area contributed by atoms with E-state index in [4.69, 9.17) is 0 Å². The lowest BCUT2D eigenvalue weighted by Gasteiger charge is -2.42. The van der Waals surface area contributed by atoms with Gasteiger partial charge < -0.3 is 4.90 Å². The van der Waals surface area contributed by atoms with Crippen LogP contribution in [0, 0.1) is 5.92 Å². The molecule has 1 heterocycles. The van der Waals surface area contributed by atoms with Gasteiger partial charge in [-0.05, 0) is 38.1 Å². The van der Waals surface area contributed by atoms with Crippen molar-refractivity contribution < 1.29 is 0 Å². The van der Waals surface area contributed by atoms with Crippen LogP contribution in [0.5, 0.6) is 0 Å². The Labute approximate surface area is 76.1 Å². The van der Waals surface area contributed by atoms with E-state index in [1.54, 1.807) is 0 Å². The second-order valence-corrected chi connectivity index (χ2v) is 4.50. The maximum atomic E-state index is 2.75. The van der Waals surface area contributed by atoms with E-state index in [2.05, 4.69) is 11.8 Å². The van der Waals surface area contributed by atoms with E-state index >= 15 is 0 Å². The van der Waals surface area contributed by atoms with Crippen molar-refractivity contribution in [1.29, 1.82) is 0 Å². The first-order valence-corrected chi connectivity index (χ1v) is 5.64. The van der Waals surface area contributed by atoms with Gasteiger partial charge in [0, 0.05) is 12.6 Å². The van der Waals surface area contributed by atoms with Crippen LogP contribution < -0.4 is 0 Å². The molecule has 0 aromatic rings. The van der Waals surface area contributed by atoms with E-state index in [1.165, 1.54) is 51.6 Å². The van der Waals surface area contributed by atoms with E-state index in [0.717, 1.165) is 12.0 Å². The van der Waals surface area contributed by atoms with Gasteiger partial charge in [-0.2, -0.15) is 0 Å². The van der Waals surface area contributed by atoms with Crippen molar-refractivity contribution in [2.75, 3.05) is 13.1 Å². The lowest BCUT2D eigenvalue weighted by molar-refractivity contribution is 0.0759. The number of hydrogen-bond acceptors (Lipinski definition) is 1. The van der Waals surface area contributed by atoms with Crippen LogP contribution in [-0.2, 0) is 0 Å². The van der Waals surface area contributed by atoms with E-state index in [-0.39, 0.29) is 0 Å². The van der Waals surface area contributed by atoms with Gasteiger partial charge in [-0.1, -0.05) is 19.8 Å². The molecule has 2 rings (SSSR count). The van der Waals surface area contributed by atoms with Gasteiger partial charge in [-0.3, -0.25) is 0 Å². The van der Waals surface area contributed by atoms with Crippen molar-refractivity contribution in [2.45, 2.75) is 51.5 Å². The summed E-state index contributed by atoms with van der Waals surface area (Å²) in [6.07, 6.45) is 8.78. The number of hydrogen-bond donors (Lipinski definition) is 0. The zero-order valence-electron chi connectivity index (χ0n) is 8.26. The molecular formula is C11H21N. The lowest BCUT2D eigenvalue weighted by atomic mass is 9.87. The lowest BCUT2D eigenvalue weighted by Crippen LogP contribution is -2.45. The highest BCUT2D eigenvalue weighted by Crippen LogP contribution is 2.29. The van der Waals surface area contributed by atoms with Crippen LogP contribution in [0.15, 0.2) is 0 Å². The highest BCUT2D eigenvalue weighted by Gasteiger charge is 2.28. The molecule has 2 aliphatic rings. The summed E-state index contributed by atoms with van der Waals surface area (Å²) in [7, 11) is 0. The Morgan fingerprint density at radius 1 is 1.17 bits per heavy atom. The highest BCUT2D eigenvalue weighted by molar-refractivity contribution is 4.83. The minimum absolute atomic E-state index is 0.986. The molecule has 12 heavy (non-hydrogen) atoms. The molecule has 1 aliphatic carbocycles. The molecule has 1 nitrogen and oxygen atoms in total. The number of piperidine rings is 1. The summed E-state index contributed by atoms with van der Waals surface area (Å²) in [5, 5.41) is 0. The van der Waals surface area contributed by atoms with Crippen molar-refractivity contribution in [2.24, 2.45) is 5.92 Å². The van der Waals surface area contributed by atoms with Crippen molar-refractivity contribution >= 4 is 0 Å². The number of likely N-dealkylation sites (tertiary alicyclic amines) is 1. The van der Waals surface area contributed by atoms with Crippen LogP contribution in [0.3, 0.4) is 0 Å². The Kier molecular flexibility index (Phi) is 2.69. The molecule has 70 valence electrons. The molecule has 0 amide bonds. The molecule has 2 fully saturated rings. The molecule has 0 radical (unpaired) electrons. The fourth-order valence-corrected chi connectivity index (χ4v) is 2.51. The quantitative estimate of drug-likeness (QED) is 0.611. The van der Waals surface area contributed by atoms with Crippen LogP contribution in [0.4, 0.5) is 0 Å². The summed E-state index contributed by atoms with van der Waals surface area (Å²) in [5.74, 6) is 1.01. The maximum absolute atomic E-state index is 2.75. The highest BCUT2D eigenvalue weighted by atomic mass is 15.2. The fourth-order valence-electron chi connectivity index (χ4n) is 2.51. The van der Waals surface area contributed by atoms with Crippen molar-refractivity contribution in [3.63, 3.8) is 0 Å². The summed E-state index contributed by atoms with van der Waals surface area (Å²) >= 11 is 0. The standard InChI is InChI=1S/C11H21N/c1-2-10-5-4-8-12(9-10)11-6-3-7-11/h10-11H,2-9H2,1H3. The Balaban J connectivity index is 1.81. The van der Waals surface area contributed by atoms with E-state index in [9.17, 15) is 0 Å². The largest absolute Gasteiger partial charge is 0.300 e. The van der Waals surface area contributed by atoms with Gasteiger partial charge in [-0.15, -0.1) is 0 Å². The average Bonchev–Trinajstić information content (AvgIpc) is 2.02. The second kappa shape index (κ2) is 3.78. The monoisotopic (exact) mass is 167 g/mol. The molecule has 0 aromatic carbocycles. The zero-order valence-corrected chi connectivity index (χ0v) is 8.26. The summed E-state index contributed by atoms with van der Waals surface area (Å²) in [6.45, 7) is 5.14. The van der Waals surface area contributed by atoms with Gasteiger partial charge in [0.1, 0.15) is 0 Å². The summed E-state index contributed by atoms with van der Waals surface area (Å²) < 4.78 is 0. The van der Waals surface area contributed by atoms with E-state index < -0.39 is 0 Å². The molecule has 1 unspecified atom stereocenters. The predicted molar refractivity (Wildman–Crippen MR) is 52.2 cm³/mol. The van der Waals surface area contributed by atoms with E-state index in [1.807, 2.05) is 0 Å². The molecule has 1 heteroatoms. The summed E-state index contributed by atoms with van der Waals surface area (Å²) in [4.78, 5) is 2.75. The zero-order chi connectivity index (χ0) is 8.39. The molecule has 0 bridgehead atoms. The van der Waals surface area contributed by atoms with Crippen LogP contribution in [-0.4, -0.2) is 24.0 Å². The Morgan fingerprint density at radius 3 is 2.58 bits per heavy atom.